The fraction of sp³-hybridized carbons (Fsp3) is 0.167. The molecule has 170 valence electrons. The number of hydrogen-bond acceptors (Lipinski definition) is 6. The van der Waals surface area contributed by atoms with Gasteiger partial charge in [0.05, 0.1) is 25.3 Å². The molecule has 0 spiro atoms. The van der Waals surface area contributed by atoms with Gasteiger partial charge in [-0.25, -0.2) is 9.78 Å². The van der Waals surface area contributed by atoms with Gasteiger partial charge in [-0.1, -0.05) is 24.3 Å². The van der Waals surface area contributed by atoms with Crippen molar-refractivity contribution in [1.82, 2.24) is 4.98 Å². The highest BCUT2D eigenvalue weighted by atomic mass is 19.4. The first kappa shape index (κ1) is 22.2. The predicted octanol–water partition coefficient (Wildman–Crippen LogP) is 5.82. The smallest absolute Gasteiger partial charge is 0.416 e. The van der Waals surface area contributed by atoms with Gasteiger partial charge in [0.25, 0.3) is 0 Å². The Morgan fingerprint density at radius 3 is 2.36 bits per heavy atom. The zero-order chi connectivity index (χ0) is 23.6. The topological polar surface area (TPSA) is 70.8 Å². The van der Waals surface area contributed by atoms with Gasteiger partial charge in [-0.05, 0) is 42.5 Å². The summed E-state index contributed by atoms with van der Waals surface area (Å²) in [6.07, 6.45) is -5.85. The van der Waals surface area contributed by atoms with E-state index in [-0.39, 0.29) is 17.2 Å². The first-order chi connectivity index (χ1) is 15.8. The van der Waals surface area contributed by atoms with Gasteiger partial charge in [-0.15, -0.1) is 0 Å². The van der Waals surface area contributed by atoms with Crippen molar-refractivity contribution in [1.29, 1.82) is 0 Å². The van der Waals surface area contributed by atoms with E-state index in [2.05, 4.69) is 4.98 Å². The molecule has 0 amide bonds. The molecular weight excluding hydrogens is 439 g/mol. The molecule has 9 heteroatoms. The number of carbonyl (C=O) groups excluding carboxylic acids is 1. The van der Waals surface area contributed by atoms with Gasteiger partial charge < -0.3 is 18.6 Å². The molecule has 0 aliphatic carbocycles. The maximum atomic E-state index is 13.4. The highest BCUT2D eigenvalue weighted by Gasteiger charge is 2.33. The van der Waals surface area contributed by atoms with E-state index in [1.54, 1.807) is 48.5 Å². The lowest BCUT2D eigenvalue weighted by Gasteiger charge is -2.20. The van der Waals surface area contributed by atoms with Crippen LogP contribution in [0.3, 0.4) is 0 Å². The Morgan fingerprint density at radius 2 is 1.73 bits per heavy atom. The number of nitrogens with zero attached hydrogens (tertiary/aromatic N) is 1. The quantitative estimate of drug-likeness (QED) is 0.340. The number of methoxy groups -OCH3 is 2. The van der Waals surface area contributed by atoms with Crippen molar-refractivity contribution in [3.8, 4) is 23.0 Å². The molecule has 0 bridgehead atoms. The van der Waals surface area contributed by atoms with Crippen LogP contribution in [-0.2, 0) is 15.7 Å². The van der Waals surface area contributed by atoms with Crippen molar-refractivity contribution in [3.63, 3.8) is 0 Å². The third-order valence-corrected chi connectivity index (χ3v) is 4.91. The zero-order valence-electron chi connectivity index (χ0n) is 17.6. The molecule has 33 heavy (non-hydrogen) atoms. The van der Waals surface area contributed by atoms with Gasteiger partial charge in [0.1, 0.15) is 17.0 Å². The summed E-state index contributed by atoms with van der Waals surface area (Å²) in [4.78, 5) is 16.8. The lowest BCUT2D eigenvalue weighted by Crippen LogP contribution is -2.20. The number of benzene rings is 3. The second kappa shape index (κ2) is 8.85. The summed E-state index contributed by atoms with van der Waals surface area (Å²) in [5.41, 5.74) is 0.326. The number of oxazole rings is 1. The summed E-state index contributed by atoms with van der Waals surface area (Å²) in [7, 11) is 2.69. The summed E-state index contributed by atoms with van der Waals surface area (Å²) in [6.45, 7) is 0. The number of esters is 1. The van der Waals surface area contributed by atoms with E-state index in [0.717, 1.165) is 18.2 Å². The molecule has 0 N–H and O–H groups in total. The lowest BCUT2D eigenvalue weighted by molar-refractivity contribution is -0.149. The number of fused-ring (bicyclic) bond motifs is 1. The Morgan fingerprint density at radius 1 is 1.00 bits per heavy atom. The van der Waals surface area contributed by atoms with Crippen LogP contribution in [-0.4, -0.2) is 25.2 Å². The Kier molecular flexibility index (Phi) is 5.95. The highest BCUT2D eigenvalue weighted by Crippen LogP contribution is 2.39. The Hall–Kier alpha value is -4.01. The molecule has 0 saturated heterocycles. The van der Waals surface area contributed by atoms with Crippen LogP contribution < -0.4 is 9.47 Å². The molecule has 1 unspecified atom stereocenters. The summed E-state index contributed by atoms with van der Waals surface area (Å²) < 4.78 is 61.8. The predicted molar refractivity (Wildman–Crippen MR) is 113 cm³/mol. The van der Waals surface area contributed by atoms with E-state index in [0.29, 0.717) is 22.4 Å². The molecule has 0 saturated carbocycles. The second-order valence-electron chi connectivity index (χ2n) is 6.99. The fourth-order valence-corrected chi connectivity index (χ4v) is 3.23. The van der Waals surface area contributed by atoms with Crippen LogP contribution in [0.2, 0.25) is 0 Å². The number of ether oxygens (including phenoxy) is 3. The maximum absolute atomic E-state index is 13.4. The van der Waals surface area contributed by atoms with Crippen LogP contribution in [0.4, 0.5) is 13.2 Å². The number of para-hydroxylation sites is 2. The van der Waals surface area contributed by atoms with Crippen molar-refractivity contribution in [2.75, 3.05) is 14.2 Å². The van der Waals surface area contributed by atoms with Crippen molar-refractivity contribution in [2.24, 2.45) is 0 Å². The van der Waals surface area contributed by atoms with Crippen LogP contribution in [0.1, 0.15) is 17.2 Å². The molecule has 1 atom stereocenters. The standard InChI is InChI=1S/C24H18F3NO5/c1-30-16-10-7-14(8-11-16)21(23(29)31-2)32-19-12-9-15(24(25,26)27)13-17(19)22-28-18-5-3-4-6-20(18)33-22/h3-13,21H,1-2H3. The van der Waals surface area contributed by atoms with Gasteiger partial charge in [0.2, 0.25) is 12.0 Å². The number of aromatic nitrogens is 1. The van der Waals surface area contributed by atoms with Gasteiger partial charge in [-0.2, -0.15) is 13.2 Å². The number of rotatable bonds is 6. The van der Waals surface area contributed by atoms with Gasteiger partial charge in [0, 0.05) is 5.56 Å². The van der Waals surface area contributed by atoms with Crippen LogP contribution in [0, 0.1) is 0 Å². The SMILES string of the molecule is COC(=O)C(Oc1ccc(C(F)(F)F)cc1-c1nc2ccccc2o1)c1ccc(OC)cc1. The first-order valence-corrected chi connectivity index (χ1v) is 9.76. The van der Waals surface area contributed by atoms with Gasteiger partial charge in [-0.3, -0.25) is 0 Å². The van der Waals surface area contributed by atoms with E-state index in [1.807, 2.05) is 0 Å². The Labute approximate surface area is 186 Å². The fourth-order valence-electron chi connectivity index (χ4n) is 3.23. The van der Waals surface area contributed by atoms with Crippen molar-refractivity contribution >= 4 is 17.1 Å². The maximum Gasteiger partial charge on any atom is 0.416 e. The number of alkyl halides is 3. The van der Waals surface area contributed by atoms with Crippen molar-refractivity contribution in [3.05, 3.63) is 77.9 Å². The van der Waals surface area contributed by atoms with Crippen molar-refractivity contribution in [2.45, 2.75) is 12.3 Å². The van der Waals surface area contributed by atoms with Gasteiger partial charge >= 0.3 is 12.1 Å². The van der Waals surface area contributed by atoms with Gasteiger partial charge in [0.15, 0.2) is 5.58 Å². The highest BCUT2D eigenvalue weighted by molar-refractivity contribution is 5.79. The minimum atomic E-state index is -4.60. The van der Waals surface area contributed by atoms with E-state index < -0.39 is 23.8 Å². The Balaban J connectivity index is 1.81. The molecule has 4 rings (SSSR count). The molecule has 3 aromatic carbocycles. The minimum Gasteiger partial charge on any atom is -0.497 e. The molecule has 1 aromatic heterocycles. The average molecular weight is 457 g/mol. The van der Waals surface area contributed by atoms with Crippen LogP contribution in [0.25, 0.3) is 22.6 Å². The molecule has 0 radical (unpaired) electrons. The van der Waals surface area contributed by atoms with E-state index in [4.69, 9.17) is 18.6 Å². The molecule has 6 nitrogen and oxygen atoms in total. The van der Waals surface area contributed by atoms with Crippen LogP contribution in [0.5, 0.6) is 11.5 Å². The largest absolute Gasteiger partial charge is 0.497 e. The summed E-state index contributed by atoms with van der Waals surface area (Å²) in [5.74, 6) is -0.274. The monoisotopic (exact) mass is 457 g/mol. The Bertz CT molecular complexity index is 1250. The number of halogens is 3. The summed E-state index contributed by atoms with van der Waals surface area (Å²) in [5, 5.41) is 0. The average Bonchev–Trinajstić information content (AvgIpc) is 3.25. The molecule has 0 aliphatic heterocycles. The molecular formula is C24H18F3NO5. The number of carbonyl (C=O) groups is 1. The third kappa shape index (κ3) is 4.62. The molecule has 1 heterocycles. The first-order valence-electron chi connectivity index (χ1n) is 9.76. The second-order valence-corrected chi connectivity index (χ2v) is 6.99. The van der Waals surface area contributed by atoms with Crippen LogP contribution in [0.15, 0.2) is 71.1 Å². The normalized spacial score (nSPS) is 12.4. The lowest BCUT2D eigenvalue weighted by atomic mass is 10.1. The van der Waals surface area contributed by atoms with Crippen LogP contribution >= 0.6 is 0 Å². The van der Waals surface area contributed by atoms with E-state index >= 15 is 0 Å². The van der Waals surface area contributed by atoms with E-state index in [1.165, 1.54) is 14.2 Å². The van der Waals surface area contributed by atoms with E-state index in [9.17, 15) is 18.0 Å². The molecule has 4 aromatic rings. The molecule has 0 aliphatic rings. The summed E-state index contributed by atoms with van der Waals surface area (Å²) >= 11 is 0. The third-order valence-electron chi connectivity index (χ3n) is 4.91. The summed E-state index contributed by atoms with van der Waals surface area (Å²) in [6, 6.07) is 16.1. The number of hydrogen-bond donors (Lipinski definition) is 0. The molecule has 0 fully saturated rings. The minimum absolute atomic E-state index is 0.0271. The zero-order valence-corrected chi connectivity index (χ0v) is 17.6. The van der Waals surface area contributed by atoms with Crippen molar-refractivity contribution < 1.29 is 36.6 Å².